The molecule has 33 heavy (non-hydrogen) atoms. The van der Waals surface area contributed by atoms with Crippen molar-refractivity contribution >= 4 is 16.9 Å². The maximum Gasteiger partial charge on any atom is 0.230 e. The third-order valence-corrected chi connectivity index (χ3v) is 6.92. The molecular weight excluding hydrogens is 406 g/mol. The standard InChI is InChI=1S/C29H31N3O/c1-2-25(23-13-7-4-8-14-23)29(33)31-19-17-24(18-20-31)32-27-16-10-9-15-26(27)30-28(32)21-22-11-5-3-6-12-22/h3-16,24-25H,2,17-21H2,1H3/t25-/m1/s1. The summed E-state index contributed by atoms with van der Waals surface area (Å²) in [4.78, 5) is 20.4. The van der Waals surface area contributed by atoms with Crippen molar-refractivity contribution in [2.45, 2.75) is 44.6 Å². The maximum absolute atomic E-state index is 13.4. The molecule has 3 aromatic carbocycles. The highest BCUT2D eigenvalue weighted by molar-refractivity contribution is 5.84. The first-order valence-corrected chi connectivity index (χ1v) is 12.1. The monoisotopic (exact) mass is 437 g/mol. The lowest BCUT2D eigenvalue weighted by Gasteiger charge is -2.35. The molecule has 1 aliphatic rings. The number of carbonyl (C=O) groups excluding carboxylic acids is 1. The third-order valence-electron chi connectivity index (χ3n) is 6.92. The first-order valence-electron chi connectivity index (χ1n) is 12.1. The lowest BCUT2D eigenvalue weighted by molar-refractivity contribution is -0.134. The molecule has 2 heterocycles. The number of hydrogen-bond acceptors (Lipinski definition) is 2. The quantitative estimate of drug-likeness (QED) is 0.372. The molecule has 0 radical (unpaired) electrons. The van der Waals surface area contributed by atoms with Crippen molar-refractivity contribution in [3.63, 3.8) is 0 Å². The second-order valence-corrected chi connectivity index (χ2v) is 8.98. The summed E-state index contributed by atoms with van der Waals surface area (Å²) >= 11 is 0. The van der Waals surface area contributed by atoms with E-state index in [0.717, 1.165) is 55.7 Å². The number of likely N-dealkylation sites (tertiary alicyclic amines) is 1. The molecule has 1 amide bonds. The van der Waals surface area contributed by atoms with E-state index < -0.39 is 0 Å². The largest absolute Gasteiger partial charge is 0.342 e. The molecule has 0 spiro atoms. The molecule has 0 bridgehead atoms. The van der Waals surface area contributed by atoms with Crippen LogP contribution >= 0.6 is 0 Å². The SMILES string of the molecule is CC[C@@H](C(=O)N1CCC(n2c(Cc3ccccc3)nc3ccccc32)CC1)c1ccccc1. The lowest BCUT2D eigenvalue weighted by atomic mass is 9.93. The molecule has 168 valence electrons. The van der Waals surface area contributed by atoms with Gasteiger partial charge in [-0.1, -0.05) is 79.7 Å². The number of carbonyl (C=O) groups is 1. The number of fused-ring (bicyclic) bond motifs is 1. The molecule has 0 saturated carbocycles. The number of amides is 1. The van der Waals surface area contributed by atoms with Crippen molar-refractivity contribution in [2.75, 3.05) is 13.1 Å². The molecule has 1 aliphatic heterocycles. The van der Waals surface area contributed by atoms with Crippen molar-refractivity contribution in [1.82, 2.24) is 14.5 Å². The van der Waals surface area contributed by atoms with Gasteiger partial charge in [0.25, 0.3) is 0 Å². The van der Waals surface area contributed by atoms with E-state index in [9.17, 15) is 4.79 Å². The van der Waals surface area contributed by atoms with Crippen molar-refractivity contribution < 1.29 is 4.79 Å². The van der Waals surface area contributed by atoms with Crippen molar-refractivity contribution in [2.24, 2.45) is 0 Å². The first-order chi connectivity index (χ1) is 16.2. The zero-order valence-electron chi connectivity index (χ0n) is 19.2. The minimum absolute atomic E-state index is 0.0505. The van der Waals surface area contributed by atoms with Crippen molar-refractivity contribution in [1.29, 1.82) is 0 Å². The molecule has 1 atom stereocenters. The smallest absolute Gasteiger partial charge is 0.230 e. The highest BCUT2D eigenvalue weighted by Gasteiger charge is 2.30. The summed E-state index contributed by atoms with van der Waals surface area (Å²) in [7, 11) is 0. The van der Waals surface area contributed by atoms with Gasteiger partial charge in [0.1, 0.15) is 5.82 Å². The Labute approximate surface area is 195 Å². The van der Waals surface area contributed by atoms with Crippen LogP contribution in [0.5, 0.6) is 0 Å². The van der Waals surface area contributed by atoms with Crippen LogP contribution in [0.4, 0.5) is 0 Å². The topological polar surface area (TPSA) is 38.1 Å². The molecular formula is C29H31N3O. The van der Waals surface area contributed by atoms with Crippen LogP contribution in [0.25, 0.3) is 11.0 Å². The van der Waals surface area contributed by atoms with Crippen LogP contribution in [0.15, 0.2) is 84.9 Å². The zero-order valence-corrected chi connectivity index (χ0v) is 19.2. The van der Waals surface area contributed by atoms with Crippen LogP contribution < -0.4 is 0 Å². The average molecular weight is 438 g/mol. The molecule has 1 fully saturated rings. The average Bonchev–Trinajstić information content (AvgIpc) is 3.23. The van der Waals surface area contributed by atoms with Gasteiger partial charge in [0.2, 0.25) is 5.91 Å². The van der Waals surface area contributed by atoms with Crippen LogP contribution in [-0.4, -0.2) is 33.4 Å². The number of benzene rings is 3. The van der Waals surface area contributed by atoms with Gasteiger partial charge in [0.15, 0.2) is 0 Å². The Kier molecular flexibility index (Phi) is 6.25. The summed E-state index contributed by atoms with van der Waals surface area (Å²) in [6.07, 6.45) is 3.56. The van der Waals surface area contributed by atoms with Gasteiger partial charge in [-0.25, -0.2) is 4.98 Å². The number of hydrogen-bond donors (Lipinski definition) is 0. The number of imidazole rings is 1. The van der Waals surface area contributed by atoms with E-state index in [2.05, 4.69) is 83.1 Å². The summed E-state index contributed by atoms with van der Waals surface area (Å²) in [6, 6.07) is 29.6. The Hall–Kier alpha value is -3.40. The molecule has 0 N–H and O–H groups in total. The Morgan fingerprint density at radius 1 is 0.909 bits per heavy atom. The van der Waals surface area contributed by atoms with E-state index in [1.54, 1.807) is 0 Å². The number of rotatable bonds is 6. The molecule has 5 rings (SSSR count). The summed E-state index contributed by atoms with van der Waals surface area (Å²) in [5, 5.41) is 0. The number of piperidine rings is 1. The summed E-state index contributed by atoms with van der Waals surface area (Å²) < 4.78 is 2.44. The molecule has 4 nitrogen and oxygen atoms in total. The highest BCUT2D eigenvalue weighted by Crippen LogP contribution is 2.31. The molecule has 4 heteroatoms. The fourth-order valence-electron chi connectivity index (χ4n) is 5.21. The molecule has 4 aromatic rings. The first kappa shape index (κ1) is 21.4. The van der Waals surface area contributed by atoms with Gasteiger partial charge >= 0.3 is 0 Å². The van der Waals surface area contributed by atoms with Gasteiger partial charge in [0.05, 0.1) is 17.0 Å². The van der Waals surface area contributed by atoms with Crippen LogP contribution in [0.3, 0.4) is 0 Å². The Morgan fingerprint density at radius 3 is 2.24 bits per heavy atom. The fraction of sp³-hybridized carbons (Fsp3) is 0.310. The number of nitrogens with zero attached hydrogens (tertiary/aromatic N) is 3. The highest BCUT2D eigenvalue weighted by atomic mass is 16.2. The van der Waals surface area contributed by atoms with E-state index in [1.165, 1.54) is 11.1 Å². The lowest BCUT2D eigenvalue weighted by Crippen LogP contribution is -2.41. The third kappa shape index (κ3) is 4.43. The van der Waals surface area contributed by atoms with E-state index in [-0.39, 0.29) is 11.8 Å². The second kappa shape index (κ2) is 9.62. The normalized spacial score (nSPS) is 15.6. The van der Waals surface area contributed by atoms with Gasteiger partial charge < -0.3 is 9.47 Å². The number of aromatic nitrogens is 2. The van der Waals surface area contributed by atoms with Gasteiger partial charge in [-0.05, 0) is 42.5 Å². The van der Waals surface area contributed by atoms with Crippen molar-refractivity contribution in [3.05, 3.63) is 102 Å². The van der Waals surface area contributed by atoms with E-state index in [4.69, 9.17) is 4.98 Å². The van der Waals surface area contributed by atoms with Gasteiger partial charge in [-0.3, -0.25) is 4.79 Å². The molecule has 0 unspecified atom stereocenters. The van der Waals surface area contributed by atoms with Gasteiger partial charge in [-0.2, -0.15) is 0 Å². The zero-order chi connectivity index (χ0) is 22.6. The van der Waals surface area contributed by atoms with Crippen LogP contribution in [0.1, 0.15) is 55.1 Å². The second-order valence-electron chi connectivity index (χ2n) is 8.98. The Morgan fingerprint density at radius 2 is 1.55 bits per heavy atom. The minimum Gasteiger partial charge on any atom is -0.342 e. The molecule has 1 saturated heterocycles. The van der Waals surface area contributed by atoms with Crippen LogP contribution in [0, 0.1) is 0 Å². The van der Waals surface area contributed by atoms with E-state index >= 15 is 0 Å². The predicted octanol–water partition coefficient (Wildman–Crippen LogP) is 5.98. The Bertz CT molecular complexity index is 1210. The maximum atomic E-state index is 13.4. The van der Waals surface area contributed by atoms with Crippen molar-refractivity contribution in [3.8, 4) is 0 Å². The van der Waals surface area contributed by atoms with E-state index in [0.29, 0.717) is 6.04 Å². The van der Waals surface area contributed by atoms with Crippen LogP contribution in [0.2, 0.25) is 0 Å². The predicted molar refractivity (Wildman–Crippen MR) is 133 cm³/mol. The fourth-order valence-corrected chi connectivity index (χ4v) is 5.21. The van der Waals surface area contributed by atoms with Crippen LogP contribution in [-0.2, 0) is 11.2 Å². The van der Waals surface area contributed by atoms with Gasteiger partial charge in [0, 0.05) is 25.6 Å². The van der Waals surface area contributed by atoms with Gasteiger partial charge in [-0.15, -0.1) is 0 Å². The summed E-state index contributed by atoms with van der Waals surface area (Å²) in [5.41, 5.74) is 4.65. The van der Waals surface area contributed by atoms with E-state index in [1.807, 2.05) is 18.2 Å². The summed E-state index contributed by atoms with van der Waals surface area (Å²) in [5.74, 6) is 1.33. The molecule has 0 aliphatic carbocycles. The number of para-hydroxylation sites is 2. The molecule has 1 aromatic heterocycles. The summed E-state index contributed by atoms with van der Waals surface area (Å²) in [6.45, 7) is 3.70. The Balaban J connectivity index is 1.36. The minimum atomic E-state index is -0.0505.